The van der Waals surface area contributed by atoms with Crippen LogP contribution in [0.2, 0.25) is 0 Å². The molecule has 0 aromatic carbocycles. The summed E-state index contributed by atoms with van der Waals surface area (Å²) in [7, 11) is 4.00. The van der Waals surface area contributed by atoms with E-state index in [4.69, 9.17) is 5.11 Å². The van der Waals surface area contributed by atoms with Gasteiger partial charge in [0.1, 0.15) is 0 Å². The van der Waals surface area contributed by atoms with Gasteiger partial charge >= 0.3 is 0 Å². The first-order valence-corrected chi connectivity index (χ1v) is 34.9. The summed E-state index contributed by atoms with van der Waals surface area (Å²) in [6.07, 6.45) is 57.9. The maximum absolute atomic E-state index is 12.2. The summed E-state index contributed by atoms with van der Waals surface area (Å²) >= 11 is 0. The Bertz CT molecular complexity index is 1130. The molecular weight excluding hydrogens is 1030 g/mol. The van der Waals surface area contributed by atoms with Crippen LogP contribution in [0.15, 0.2) is 0 Å². The average molecular weight is 1180 g/mol. The minimum Gasteiger partial charge on any atom is -0.412 e. The number of amides is 2. The lowest BCUT2D eigenvalue weighted by Gasteiger charge is -2.19. The van der Waals surface area contributed by atoms with Crippen molar-refractivity contribution in [3.63, 3.8) is 0 Å². The zero-order valence-electron chi connectivity index (χ0n) is 55.1. The van der Waals surface area contributed by atoms with E-state index < -0.39 is 6.10 Å². The molecule has 0 aromatic heterocycles. The number of hydrogen-bond acceptors (Lipinski definition) is 10. The second kappa shape index (κ2) is 81.6. The van der Waals surface area contributed by atoms with E-state index in [9.17, 15) is 14.7 Å². The van der Waals surface area contributed by atoms with E-state index in [-0.39, 0.29) is 34.8 Å². The van der Waals surface area contributed by atoms with Crippen molar-refractivity contribution in [1.29, 1.82) is 0 Å². The van der Waals surface area contributed by atoms with Crippen molar-refractivity contribution in [2.45, 2.75) is 315 Å². The van der Waals surface area contributed by atoms with Gasteiger partial charge in [-0.05, 0) is 123 Å². The molecule has 0 rings (SSSR count). The smallest absolute Gasteiger partial charge is 0.219 e. The molecule has 0 aromatic rings. The maximum atomic E-state index is 12.2. The van der Waals surface area contributed by atoms with Crippen LogP contribution in [0, 0.1) is 5.92 Å². The molecule has 498 valence electrons. The van der Waals surface area contributed by atoms with Gasteiger partial charge in [0.15, 0.2) is 0 Å². The molecule has 1 atom stereocenters. The molecule has 15 heteroatoms. The Morgan fingerprint density at radius 3 is 0.927 bits per heavy atom. The van der Waals surface area contributed by atoms with Crippen molar-refractivity contribution in [3.05, 3.63) is 0 Å². The molecule has 0 bridgehead atoms. The van der Waals surface area contributed by atoms with Crippen LogP contribution in [-0.4, -0.2) is 144 Å². The molecule has 0 aliphatic rings. The lowest BCUT2D eigenvalue weighted by Crippen LogP contribution is -2.33. The molecule has 0 heterocycles. The lowest BCUT2D eigenvalue weighted by molar-refractivity contribution is -0.122. The van der Waals surface area contributed by atoms with Crippen molar-refractivity contribution < 1.29 is 36.2 Å². The van der Waals surface area contributed by atoms with Crippen LogP contribution in [0.5, 0.6) is 0 Å². The Hall–Kier alpha value is -1.50. The van der Waals surface area contributed by atoms with Crippen LogP contribution in [0.25, 0.3) is 0 Å². The number of rotatable bonds is 67. The molecule has 0 radical (unpaired) electrons. The normalized spacial score (nSPS) is 11.4. The van der Waals surface area contributed by atoms with Gasteiger partial charge in [-0.15, -0.1) is 0 Å². The Morgan fingerprint density at radius 1 is 0.317 bits per heavy atom. The highest BCUT2D eigenvalue weighted by molar-refractivity contribution is 5.76. The Balaban J connectivity index is -0.000000482. The standard InChI is InChI=1S/C37H81N7O.C30H61NO3.3H2O/c1-4-5-6-7-8-9-10-11-12-13-17-24-37(45)44-29-18-15-14-16-23-36(34-42-27-21-19-25-40-32-30-38-2)35-43-28-22-20-26-41-33-31-39-3;1-2-3-4-5-6-7-8-9-10-11-12-13-14-15-16-17-18-19-20-21-22-23-27-31-30(34)26-24-25-29(33)28-32;;;/h36,38-43H,4-35H2,1-3H3,(H,44,45);29,32-33H,2-28H2,1H3,(H,31,34);3*1H2/t;29-;;;/m.0.../s1. The molecule has 0 unspecified atom stereocenters. The molecule has 0 saturated heterocycles. The van der Waals surface area contributed by atoms with Crippen molar-refractivity contribution >= 4 is 11.8 Å². The zero-order chi connectivity index (χ0) is 57.7. The van der Waals surface area contributed by atoms with E-state index in [1.54, 1.807) is 0 Å². The van der Waals surface area contributed by atoms with Crippen LogP contribution in [0.4, 0.5) is 0 Å². The van der Waals surface area contributed by atoms with Crippen molar-refractivity contribution in [3.8, 4) is 0 Å². The van der Waals surface area contributed by atoms with Crippen molar-refractivity contribution in [1.82, 2.24) is 42.5 Å². The third-order valence-corrected chi connectivity index (χ3v) is 15.8. The van der Waals surface area contributed by atoms with Gasteiger partial charge in [0.2, 0.25) is 11.8 Å². The first kappa shape index (κ1) is 89.3. The summed E-state index contributed by atoms with van der Waals surface area (Å²) in [4.78, 5) is 23.9. The Labute approximate surface area is 509 Å². The van der Waals surface area contributed by atoms with Gasteiger partial charge in [0, 0.05) is 52.1 Å². The number of nitrogens with one attached hydrogen (secondary N) is 8. The third-order valence-electron chi connectivity index (χ3n) is 15.8. The van der Waals surface area contributed by atoms with Crippen LogP contribution in [-0.2, 0) is 9.59 Å². The molecule has 0 aliphatic heterocycles. The highest BCUT2D eigenvalue weighted by Crippen LogP contribution is 2.17. The average Bonchev–Trinajstić information content (AvgIpc) is 3.45. The first-order valence-electron chi connectivity index (χ1n) is 34.9. The molecular formula is C67H148N8O7. The Morgan fingerprint density at radius 2 is 0.598 bits per heavy atom. The van der Waals surface area contributed by atoms with Gasteiger partial charge in [-0.1, -0.05) is 232 Å². The molecule has 82 heavy (non-hydrogen) atoms. The molecule has 0 aliphatic carbocycles. The SMILES string of the molecule is CCCCCCCCCCCCCC(=O)NCCCCCCC(CNCCCCNCCNC)CNCCCCNCCNC.CCCCCCCCCCCCCCCCCCCCCCCCNC(=O)CCC[C@H](O)CO.O.O.O. The first-order chi connectivity index (χ1) is 38.9. The van der Waals surface area contributed by atoms with Gasteiger partial charge in [0.25, 0.3) is 0 Å². The minimum absolute atomic E-state index is 0. The number of likely N-dealkylation sites (N-methyl/N-ethyl adjacent to an activating group) is 2. The number of unbranched alkanes of at least 4 members (excludes halogenated alkanes) is 36. The van der Waals surface area contributed by atoms with Crippen LogP contribution in [0.1, 0.15) is 309 Å². The third kappa shape index (κ3) is 80.6. The summed E-state index contributed by atoms with van der Waals surface area (Å²) in [5, 5.41) is 44.9. The van der Waals surface area contributed by atoms with E-state index >= 15 is 0 Å². The van der Waals surface area contributed by atoms with Gasteiger partial charge in [-0.2, -0.15) is 0 Å². The van der Waals surface area contributed by atoms with Crippen molar-refractivity contribution in [2.24, 2.45) is 5.92 Å². The monoisotopic (exact) mass is 1180 g/mol. The van der Waals surface area contributed by atoms with Gasteiger partial charge in [-0.25, -0.2) is 0 Å². The second-order valence-corrected chi connectivity index (χ2v) is 23.7. The largest absolute Gasteiger partial charge is 0.412 e. The number of aliphatic hydroxyl groups excluding tert-OH is 2. The van der Waals surface area contributed by atoms with E-state index in [2.05, 4.69) is 56.4 Å². The highest BCUT2D eigenvalue weighted by atomic mass is 16.3. The van der Waals surface area contributed by atoms with E-state index in [1.807, 2.05) is 14.1 Å². The molecule has 0 saturated carbocycles. The fourth-order valence-corrected chi connectivity index (χ4v) is 10.4. The van der Waals surface area contributed by atoms with Gasteiger partial charge in [0.05, 0.1) is 12.7 Å². The predicted molar refractivity (Wildman–Crippen MR) is 357 cm³/mol. The minimum atomic E-state index is -0.688. The zero-order valence-corrected chi connectivity index (χ0v) is 55.1. The van der Waals surface area contributed by atoms with Crippen molar-refractivity contribution in [2.75, 3.05) is 99.2 Å². The summed E-state index contributed by atoms with van der Waals surface area (Å²) in [5.74, 6) is 1.01. The molecule has 15 nitrogen and oxygen atoms in total. The van der Waals surface area contributed by atoms with Gasteiger partial charge < -0.3 is 69.2 Å². The lowest BCUT2D eigenvalue weighted by atomic mass is 10.00. The van der Waals surface area contributed by atoms with Gasteiger partial charge in [-0.3, -0.25) is 9.59 Å². The number of carbonyl (C=O) groups is 2. The van der Waals surface area contributed by atoms with E-state index in [0.717, 1.165) is 97.8 Å². The van der Waals surface area contributed by atoms with E-state index in [1.165, 1.54) is 250 Å². The fraction of sp³-hybridized carbons (Fsp3) is 0.970. The summed E-state index contributed by atoms with van der Waals surface area (Å²) in [6.45, 7) is 16.8. The quantitative estimate of drug-likeness (QED) is 0.0257. The molecule has 2 amide bonds. The number of aliphatic hydroxyl groups is 2. The maximum Gasteiger partial charge on any atom is 0.219 e. The topological polar surface area (TPSA) is 265 Å². The van der Waals surface area contributed by atoms with Crippen LogP contribution >= 0.6 is 0 Å². The molecule has 0 fully saturated rings. The fourth-order valence-electron chi connectivity index (χ4n) is 10.4. The second-order valence-electron chi connectivity index (χ2n) is 23.7. The predicted octanol–water partition coefficient (Wildman–Crippen LogP) is 11.5. The van der Waals surface area contributed by atoms with Crippen LogP contribution < -0.4 is 42.5 Å². The number of hydrogen-bond donors (Lipinski definition) is 10. The van der Waals surface area contributed by atoms with Crippen LogP contribution in [0.3, 0.4) is 0 Å². The van der Waals surface area contributed by atoms with E-state index in [0.29, 0.717) is 31.6 Å². The summed E-state index contributed by atoms with van der Waals surface area (Å²) in [5.41, 5.74) is 0. The Kier molecular flexibility index (Phi) is 88.8. The highest BCUT2D eigenvalue weighted by Gasteiger charge is 2.09. The number of carbonyl (C=O) groups excluding carboxylic acids is 2. The summed E-state index contributed by atoms with van der Waals surface area (Å²) < 4.78 is 0. The molecule has 0 spiro atoms. The summed E-state index contributed by atoms with van der Waals surface area (Å²) in [6, 6.07) is 0. The molecule has 16 N–H and O–H groups in total.